The van der Waals surface area contributed by atoms with Crippen LogP contribution in [-0.2, 0) is 0 Å². The third-order valence-corrected chi connectivity index (χ3v) is 2.02. The fourth-order valence-electron chi connectivity index (χ4n) is 0.633. The van der Waals surface area contributed by atoms with Crippen molar-refractivity contribution >= 4 is 22.8 Å². The summed E-state index contributed by atoms with van der Waals surface area (Å²) in [7, 11) is 0. The van der Waals surface area contributed by atoms with E-state index in [-0.39, 0.29) is 6.04 Å². The van der Waals surface area contributed by atoms with Gasteiger partial charge in [0.2, 0.25) is 0 Å². The molecule has 3 nitrogen and oxygen atoms in total. The fraction of sp³-hybridized carbons (Fsp3) is 0.250. The number of nitrogens with one attached hydrogen (secondary N) is 1. The fourth-order valence-corrected chi connectivity index (χ4v) is 1.38. The number of aromatic nitrogens is 1. The van der Waals surface area contributed by atoms with Gasteiger partial charge in [-0.1, -0.05) is 5.92 Å². The number of carbonyl (C=O) groups excluding carboxylic acids is 1. The number of hydrogen-bond acceptors (Lipinski definition) is 4. The number of aldehydes is 1. The van der Waals surface area contributed by atoms with Crippen LogP contribution in [0.1, 0.15) is 17.4 Å². The normalized spacial score (nSPS) is 11.7. The molecule has 0 radical (unpaired) electrons. The minimum Gasteiger partial charge on any atom is -0.348 e. The molecule has 1 N–H and O–H groups in total. The lowest BCUT2D eigenvalue weighted by Gasteiger charge is -2.03. The van der Waals surface area contributed by atoms with Crippen LogP contribution < -0.4 is 5.32 Å². The van der Waals surface area contributed by atoms with E-state index in [2.05, 4.69) is 16.2 Å². The van der Waals surface area contributed by atoms with Crippen LogP contribution in [0.25, 0.3) is 0 Å². The van der Waals surface area contributed by atoms with E-state index in [0.29, 0.717) is 17.1 Å². The summed E-state index contributed by atoms with van der Waals surface area (Å²) in [6.07, 6.45) is 5.86. The number of thiazole rings is 1. The molecule has 0 amide bonds. The molecule has 62 valence electrons. The van der Waals surface area contributed by atoms with Crippen molar-refractivity contribution in [3.8, 4) is 12.3 Å². The second-order valence-corrected chi connectivity index (χ2v) is 3.09. The molecule has 0 spiro atoms. The van der Waals surface area contributed by atoms with Gasteiger partial charge in [-0.05, 0) is 6.92 Å². The van der Waals surface area contributed by atoms with E-state index in [4.69, 9.17) is 6.42 Å². The van der Waals surface area contributed by atoms with Crippen LogP contribution in [0.2, 0.25) is 0 Å². The van der Waals surface area contributed by atoms with Crippen molar-refractivity contribution < 1.29 is 4.79 Å². The van der Waals surface area contributed by atoms with E-state index < -0.39 is 0 Å². The number of carbonyl (C=O) groups is 1. The van der Waals surface area contributed by atoms with Crippen LogP contribution in [-0.4, -0.2) is 17.3 Å². The largest absolute Gasteiger partial charge is 0.348 e. The van der Waals surface area contributed by atoms with E-state index in [1.165, 1.54) is 11.3 Å². The zero-order chi connectivity index (χ0) is 8.97. The summed E-state index contributed by atoms with van der Waals surface area (Å²) >= 11 is 1.37. The molecular formula is C8H8N2OS. The molecule has 1 atom stereocenters. The molecule has 0 aliphatic rings. The first-order valence-electron chi connectivity index (χ1n) is 3.39. The highest BCUT2D eigenvalue weighted by Crippen LogP contribution is 2.14. The van der Waals surface area contributed by atoms with Gasteiger partial charge < -0.3 is 5.32 Å². The summed E-state index contributed by atoms with van der Waals surface area (Å²) in [6, 6.07) is -0.0596. The van der Waals surface area contributed by atoms with Gasteiger partial charge in [0.15, 0.2) is 11.4 Å². The topological polar surface area (TPSA) is 42.0 Å². The van der Waals surface area contributed by atoms with Gasteiger partial charge in [0.25, 0.3) is 0 Å². The Kier molecular flexibility index (Phi) is 2.83. The molecule has 0 aliphatic heterocycles. The molecule has 12 heavy (non-hydrogen) atoms. The molecule has 0 aliphatic carbocycles. The van der Waals surface area contributed by atoms with Crippen molar-refractivity contribution in [1.29, 1.82) is 0 Å². The lowest BCUT2D eigenvalue weighted by atomic mass is 10.4. The van der Waals surface area contributed by atoms with Crippen molar-refractivity contribution in [1.82, 2.24) is 4.98 Å². The Balaban J connectivity index is 2.65. The molecule has 1 aromatic rings. The minimum atomic E-state index is -0.0596. The van der Waals surface area contributed by atoms with Crippen LogP contribution in [0.3, 0.4) is 0 Å². The Hall–Kier alpha value is -1.34. The lowest BCUT2D eigenvalue weighted by molar-refractivity contribution is 0.111. The molecule has 1 aromatic heterocycles. The quantitative estimate of drug-likeness (QED) is 0.564. The predicted molar refractivity (Wildman–Crippen MR) is 49.4 cm³/mol. The summed E-state index contributed by atoms with van der Waals surface area (Å²) in [5.74, 6) is 2.51. The maximum atomic E-state index is 10.3. The van der Waals surface area contributed by atoms with Crippen LogP contribution >= 0.6 is 11.3 Å². The highest BCUT2D eigenvalue weighted by molar-refractivity contribution is 7.13. The van der Waals surface area contributed by atoms with Gasteiger partial charge in [-0.2, -0.15) is 0 Å². The van der Waals surface area contributed by atoms with Gasteiger partial charge in [-0.15, -0.1) is 17.8 Å². The number of anilines is 1. The number of rotatable bonds is 3. The summed E-state index contributed by atoms with van der Waals surface area (Å²) in [5, 5.41) is 5.32. The van der Waals surface area contributed by atoms with Gasteiger partial charge in [0.05, 0.1) is 6.04 Å². The average Bonchev–Trinajstić information content (AvgIpc) is 2.52. The first kappa shape index (κ1) is 8.75. The Labute approximate surface area is 74.8 Å². The first-order valence-corrected chi connectivity index (χ1v) is 4.27. The SMILES string of the molecule is C#CC(C)Nc1nc(C=O)cs1. The summed E-state index contributed by atoms with van der Waals surface area (Å²) in [4.78, 5) is 14.2. The molecule has 0 saturated heterocycles. The molecular weight excluding hydrogens is 172 g/mol. The highest BCUT2D eigenvalue weighted by atomic mass is 32.1. The molecule has 0 saturated carbocycles. The maximum absolute atomic E-state index is 10.3. The molecule has 0 bridgehead atoms. The van der Waals surface area contributed by atoms with Gasteiger partial charge in [-0.25, -0.2) is 4.98 Å². The number of nitrogens with zero attached hydrogens (tertiary/aromatic N) is 1. The predicted octanol–water partition coefficient (Wildman–Crippen LogP) is 1.39. The van der Waals surface area contributed by atoms with Crippen molar-refractivity contribution in [2.45, 2.75) is 13.0 Å². The number of hydrogen-bond donors (Lipinski definition) is 1. The van der Waals surface area contributed by atoms with Crippen LogP contribution in [0, 0.1) is 12.3 Å². The Morgan fingerprint density at radius 2 is 2.67 bits per heavy atom. The first-order chi connectivity index (χ1) is 5.76. The van der Waals surface area contributed by atoms with E-state index >= 15 is 0 Å². The van der Waals surface area contributed by atoms with E-state index in [1.807, 2.05) is 6.92 Å². The molecule has 1 heterocycles. The second kappa shape index (κ2) is 3.88. The summed E-state index contributed by atoms with van der Waals surface area (Å²) < 4.78 is 0. The third-order valence-electron chi connectivity index (χ3n) is 1.23. The van der Waals surface area contributed by atoms with Gasteiger partial charge in [0.1, 0.15) is 5.69 Å². The minimum absolute atomic E-state index is 0.0596. The molecule has 0 fully saturated rings. The van der Waals surface area contributed by atoms with Gasteiger partial charge in [-0.3, -0.25) is 4.79 Å². The van der Waals surface area contributed by atoms with Crippen molar-refractivity contribution in [2.75, 3.05) is 5.32 Å². The Morgan fingerprint density at radius 3 is 3.17 bits per heavy atom. The van der Waals surface area contributed by atoms with Gasteiger partial charge >= 0.3 is 0 Å². The average molecular weight is 180 g/mol. The maximum Gasteiger partial charge on any atom is 0.184 e. The molecule has 1 unspecified atom stereocenters. The summed E-state index contributed by atoms with van der Waals surface area (Å²) in [5.41, 5.74) is 0.437. The van der Waals surface area contributed by atoms with Crippen LogP contribution in [0.4, 0.5) is 5.13 Å². The standard InChI is InChI=1S/C8H8N2OS/c1-3-6(2)9-8-10-7(4-11)5-12-8/h1,4-6H,2H3,(H,9,10). The summed E-state index contributed by atoms with van der Waals surface area (Å²) in [6.45, 7) is 1.85. The molecule has 4 heteroatoms. The van der Waals surface area contributed by atoms with E-state index in [9.17, 15) is 4.79 Å². The Morgan fingerprint density at radius 1 is 1.92 bits per heavy atom. The zero-order valence-corrected chi connectivity index (χ0v) is 7.39. The molecule has 0 aromatic carbocycles. The van der Waals surface area contributed by atoms with Gasteiger partial charge in [0, 0.05) is 5.38 Å². The number of terminal acetylenes is 1. The smallest absolute Gasteiger partial charge is 0.184 e. The van der Waals surface area contributed by atoms with Crippen LogP contribution in [0.15, 0.2) is 5.38 Å². The van der Waals surface area contributed by atoms with Crippen molar-refractivity contribution in [3.05, 3.63) is 11.1 Å². The van der Waals surface area contributed by atoms with E-state index in [0.717, 1.165) is 0 Å². The van der Waals surface area contributed by atoms with Crippen molar-refractivity contribution in [2.24, 2.45) is 0 Å². The Bertz CT molecular complexity index is 313. The monoisotopic (exact) mass is 180 g/mol. The molecule has 1 rings (SSSR count). The second-order valence-electron chi connectivity index (χ2n) is 2.23. The third kappa shape index (κ3) is 2.07. The van der Waals surface area contributed by atoms with Crippen molar-refractivity contribution in [3.63, 3.8) is 0 Å². The highest BCUT2D eigenvalue weighted by Gasteiger charge is 2.01. The lowest BCUT2D eigenvalue weighted by Crippen LogP contribution is -2.11. The van der Waals surface area contributed by atoms with E-state index in [1.54, 1.807) is 5.38 Å². The van der Waals surface area contributed by atoms with Crippen LogP contribution in [0.5, 0.6) is 0 Å². The zero-order valence-electron chi connectivity index (χ0n) is 6.57.